The third kappa shape index (κ3) is 3.73. The molecule has 1 amide bonds. The predicted molar refractivity (Wildman–Crippen MR) is 80.2 cm³/mol. The molecule has 0 unspecified atom stereocenters. The number of carbonyl (C=O) groups excluding carboxylic acids is 1. The maximum Gasteiger partial charge on any atom is 0.255 e. The molecule has 0 radical (unpaired) electrons. The van der Waals surface area contributed by atoms with Crippen molar-refractivity contribution in [3.63, 3.8) is 0 Å². The highest BCUT2D eigenvalue weighted by Crippen LogP contribution is 2.27. The van der Waals surface area contributed by atoms with Gasteiger partial charge >= 0.3 is 0 Å². The Hall–Kier alpha value is -1.55. The molecule has 0 saturated carbocycles. The Kier molecular flexibility index (Phi) is 5.01. The second-order valence-corrected chi connectivity index (χ2v) is 5.67. The molecule has 1 aliphatic heterocycles. The quantitative estimate of drug-likeness (QED) is 0.867. The molecular weight excluding hydrogens is 252 g/mol. The Morgan fingerprint density at radius 1 is 1.35 bits per heavy atom. The fourth-order valence-electron chi connectivity index (χ4n) is 2.53. The van der Waals surface area contributed by atoms with Crippen molar-refractivity contribution in [2.75, 3.05) is 26.2 Å². The van der Waals surface area contributed by atoms with Crippen LogP contribution in [0.5, 0.6) is 5.75 Å². The van der Waals surface area contributed by atoms with E-state index in [4.69, 9.17) is 4.74 Å². The van der Waals surface area contributed by atoms with E-state index in [9.17, 15) is 4.79 Å². The molecule has 2 N–H and O–H groups in total. The molecule has 1 aliphatic rings. The first kappa shape index (κ1) is 14.9. The van der Waals surface area contributed by atoms with Crippen LogP contribution in [-0.2, 0) is 0 Å². The first-order chi connectivity index (χ1) is 9.64. The molecule has 20 heavy (non-hydrogen) atoms. The van der Waals surface area contributed by atoms with Crippen molar-refractivity contribution in [3.05, 3.63) is 29.8 Å². The zero-order valence-electron chi connectivity index (χ0n) is 12.4. The molecule has 4 heteroatoms. The maximum absolute atomic E-state index is 12.3. The summed E-state index contributed by atoms with van der Waals surface area (Å²) in [4.78, 5) is 12.3. The fourth-order valence-corrected chi connectivity index (χ4v) is 2.53. The van der Waals surface area contributed by atoms with Gasteiger partial charge in [0.1, 0.15) is 5.75 Å². The van der Waals surface area contributed by atoms with Gasteiger partial charge < -0.3 is 15.4 Å². The molecule has 1 fully saturated rings. The summed E-state index contributed by atoms with van der Waals surface area (Å²) in [6.45, 7) is 7.50. The number of hydrogen-bond acceptors (Lipinski definition) is 3. The number of ether oxygens (including phenoxy) is 1. The summed E-state index contributed by atoms with van der Waals surface area (Å²) in [5.41, 5.74) is 0.813. The van der Waals surface area contributed by atoms with Crippen LogP contribution in [0.25, 0.3) is 0 Å². The molecule has 4 nitrogen and oxygen atoms in total. The van der Waals surface area contributed by atoms with Crippen LogP contribution in [0, 0.1) is 5.41 Å². The van der Waals surface area contributed by atoms with Crippen LogP contribution in [0.4, 0.5) is 0 Å². The SMILES string of the molecule is CCOc1ccccc1C(=O)NCC1(C)CCNCC1. The zero-order chi connectivity index (χ0) is 14.4. The van der Waals surface area contributed by atoms with Crippen LogP contribution in [0.3, 0.4) is 0 Å². The molecule has 0 atom stereocenters. The summed E-state index contributed by atoms with van der Waals surface area (Å²) >= 11 is 0. The zero-order valence-corrected chi connectivity index (χ0v) is 12.4. The smallest absolute Gasteiger partial charge is 0.255 e. The number of benzene rings is 1. The van der Waals surface area contributed by atoms with E-state index in [1.165, 1.54) is 0 Å². The fraction of sp³-hybridized carbons (Fsp3) is 0.562. The van der Waals surface area contributed by atoms with Crippen molar-refractivity contribution in [1.82, 2.24) is 10.6 Å². The lowest BCUT2D eigenvalue weighted by atomic mass is 9.81. The average molecular weight is 276 g/mol. The van der Waals surface area contributed by atoms with E-state index in [1.54, 1.807) is 0 Å². The van der Waals surface area contributed by atoms with Gasteiger partial charge in [-0.25, -0.2) is 0 Å². The van der Waals surface area contributed by atoms with E-state index in [-0.39, 0.29) is 11.3 Å². The van der Waals surface area contributed by atoms with Crippen molar-refractivity contribution in [3.8, 4) is 5.75 Å². The van der Waals surface area contributed by atoms with Crippen molar-refractivity contribution in [2.24, 2.45) is 5.41 Å². The van der Waals surface area contributed by atoms with Gasteiger partial charge in [-0.2, -0.15) is 0 Å². The van der Waals surface area contributed by atoms with Gasteiger partial charge in [-0.15, -0.1) is 0 Å². The van der Waals surface area contributed by atoms with E-state index in [0.717, 1.165) is 25.9 Å². The molecule has 0 bridgehead atoms. The van der Waals surface area contributed by atoms with E-state index < -0.39 is 0 Å². The Balaban J connectivity index is 1.98. The van der Waals surface area contributed by atoms with Gasteiger partial charge in [-0.3, -0.25) is 4.79 Å². The number of nitrogens with one attached hydrogen (secondary N) is 2. The number of carbonyl (C=O) groups is 1. The minimum absolute atomic E-state index is 0.0474. The van der Waals surface area contributed by atoms with E-state index in [2.05, 4.69) is 17.6 Å². The first-order valence-corrected chi connectivity index (χ1v) is 7.35. The van der Waals surface area contributed by atoms with Crippen LogP contribution >= 0.6 is 0 Å². The van der Waals surface area contributed by atoms with Gasteiger partial charge in [-0.05, 0) is 50.4 Å². The Morgan fingerprint density at radius 2 is 2.05 bits per heavy atom. The average Bonchev–Trinajstić information content (AvgIpc) is 2.47. The Bertz CT molecular complexity index is 454. The summed E-state index contributed by atoms with van der Waals surface area (Å²) in [5.74, 6) is 0.608. The van der Waals surface area contributed by atoms with Crippen molar-refractivity contribution >= 4 is 5.91 Å². The van der Waals surface area contributed by atoms with Crippen LogP contribution in [0.15, 0.2) is 24.3 Å². The largest absolute Gasteiger partial charge is 0.493 e. The van der Waals surface area contributed by atoms with Gasteiger partial charge in [0, 0.05) is 6.54 Å². The number of para-hydroxylation sites is 1. The standard InChI is InChI=1S/C16H24N2O2/c1-3-20-14-7-5-4-6-13(14)15(19)18-12-16(2)8-10-17-11-9-16/h4-7,17H,3,8-12H2,1-2H3,(H,18,19). The topological polar surface area (TPSA) is 50.4 Å². The van der Waals surface area contributed by atoms with E-state index in [0.29, 0.717) is 24.5 Å². The first-order valence-electron chi connectivity index (χ1n) is 7.35. The second kappa shape index (κ2) is 6.75. The summed E-state index contributed by atoms with van der Waals surface area (Å²) < 4.78 is 5.50. The molecule has 1 aromatic rings. The lowest BCUT2D eigenvalue weighted by Gasteiger charge is -2.34. The maximum atomic E-state index is 12.3. The summed E-state index contributed by atoms with van der Waals surface area (Å²) in [5, 5.41) is 6.41. The van der Waals surface area contributed by atoms with E-state index in [1.807, 2.05) is 31.2 Å². The lowest BCUT2D eigenvalue weighted by Crippen LogP contribution is -2.42. The molecular formula is C16H24N2O2. The van der Waals surface area contributed by atoms with Gasteiger partial charge in [0.25, 0.3) is 5.91 Å². The van der Waals surface area contributed by atoms with Gasteiger partial charge in [-0.1, -0.05) is 19.1 Å². The predicted octanol–water partition coefficient (Wildman–Crippen LogP) is 2.20. The molecule has 1 aromatic carbocycles. The highest BCUT2D eigenvalue weighted by atomic mass is 16.5. The second-order valence-electron chi connectivity index (χ2n) is 5.67. The molecule has 110 valence electrons. The van der Waals surface area contributed by atoms with Crippen LogP contribution < -0.4 is 15.4 Å². The Labute approximate surface area is 120 Å². The van der Waals surface area contributed by atoms with Crippen molar-refractivity contribution in [2.45, 2.75) is 26.7 Å². The molecule has 0 aliphatic carbocycles. The van der Waals surface area contributed by atoms with Gasteiger partial charge in [0.2, 0.25) is 0 Å². The Morgan fingerprint density at radius 3 is 2.75 bits per heavy atom. The molecule has 2 rings (SSSR count). The summed E-state index contributed by atoms with van der Waals surface area (Å²) in [6, 6.07) is 7.40. The van der Waals surface area contributed by atoms with Gasteiger partial charge in [0.15, 0.2) is 0 Å². The summed E-state index contributed by atoms with van der Waals surface area (Å²) in [7, 11) is 0. The number of rotatable bonds is 5. The minimum atomic E-state index is -0.0474. The van der Waals surface area contributed by atoms with Crippen LogP contribution in [0.2, 0.25) is 0 Å². The molecule has 1 saturated heterocycles. The molecule has 0 spiro atoms. The van der Waals surface area contributed by atoms with Crippen molar-refractivity contribution in [1.29, 1.82) is 0 Å². The highest BCUT2D eigenvalue weighted by molar-refractivity contribution is 5.96. The van der Waals surface area contributed by atoms with Crippen LogP contribution in [0.1, 0.15) is 37.0 Å². The third-order valence-corrected chi connectivity index (χ3v) is 3.92. The van der Waals surface area contributed by atoms with E-state index >= 15 is 0 Å². The number of piperidine rings is 1. The monoisotopic (exact) mass is 276 g/mol. The summed E-state index contributed by atoms with van der Waals surface area (Å²) in [6.07, 6.45) is 2.20. The minimum Gasteiger partial charge on any atom is -0.493 e. The van der Waals surface area contributed by atoms with Crippen molar-refractivity contribution < 1.29 is 9.53 Å². The molecule has 1 heterocycles. The van der Waals surface area contributed by atoms with Crippen LogP contribution in [-0.4, -0.2) is 32.1 Å². The highest BCUT2D eigenvalue weighted by Gasteiger charge is 2.27. The normalized spacial score (nSPS) is 17.5. The third-order valence-electron chi connectivity index (χ3n) is 3.92. The lowest BCUT2D eigenvalue weighted by molar-refractivity contribution is 0.0918. The molecule has 0 aromatic heterocycles. The number of amides is 1. The number of hydrogen-bond donors (Lipinski definition) is 2. The van der Waals surface area contributed by atoms with Gasteiger partial charge in [0.05, 0.1) is 12.2 Å².